The van der Waals surface area contributed by atoms with Crippen LogP contribution >= 0.6 is 46.4 Å². The second kappa shape index (κ2) is 12.0. The number of halogens is 4. The lowest BCUT2D eigenvalue weighted by atomic mass is 10.1. The molecule has 0 fully saturated rings. The number of anilines is 2. The molecule has 0 radical (unpaired) electrons. The maximum Gasteiger partial charge on any atom is 0.340 e. The van der Waals surface area contributed by atoms with Crippen LogP contribution < -0.4 is 10.6 Å². The molecule has 3 N–H and O–H groups in total. The van der Waals surface area contributed by atoms with E-state index in [0.717, 1.165) is 0 Å². The Morgan fingerprint density at radius 2 is 1.28 bits per heavy atom. The molecule has 0 saturated heterocycles. The van der Waals surface area contributed by atoms with Crippen molar-refractivity contribution in [3.8, 4) is 0 Å². The van der Waals surface area contributed by atoms with Crippen LogP contribution in [-0.2, 0) is 4.74 Å². The summed E-state index contributed by atoms with van der Waals surface area (Å²) in [5.41, 5.74) is 1.39. The van der Waals surface area contributed by atoms with Crippen LogP contribution in [0.3, 0.4) is 0 Å². The van der Waals surface area contributed by atoms with Crippen molar-refractivity contribution in [2.45, 2.75) is 13.8 Å². The average Bonchev–Trinajstić information content (AvgIpc) is 2.65. The van der Waals surface area contributed by atoms with Gasteiger partial charge in [-0.2, -0.15) is 0 Å². The number of carboxylic acids is 1. The summed E-state index contributed by atoms with van der Waals surface area (Å²) in [5.74, 6) is -1.51. The highest BCUT2D eigenvalue weighted by molar-refractivity contribution is 6.38. The number of ether oxygens (including phenoxy) is 1. The third kappa shape index (κ3) is 7.16. The summed E-state index contributed by atoms with van der Waals surface area (Å²) in [4.78, 5) is 22.3. The summed E-state index contributed by atoms with van der Waals surface area (Å²) in [5, 5.41) is 16.2. The van der Waals surface area contributed by atoms with Crippen molar-refractivity contribution < 1.29 is 19.4 Å². The van der Waals surface area contributed by atoms with E-state index in [1.54, 1.807) is 6.07 Å². The van der Waals surface area contributed by atoms with E-state index in [0.29, 0.717) is 50.1 Å². The molecule has 0 atom stereocenters. The van der Waals surface area contributed by atoms with Crippen molar-refractivity contribution in [1.29, 1.82) is 0 Å². The Morgan fingerprint density at radius 1 is 0.862 bits per heavy atom. The Kier molecular flexibility index (Phi) is 10.4. The number of aromatic carboxylic acids is 1. The molecule has 10 heteroatoms. The van der Waals surface area contributed by atoms with Gasteiger partial charge >= 0.3 is 11.9 Å². The molecule has 29 heavy (non-hydrogen) atoms. The number of carbonyl (C=O) groups excluding carboxylic acids is 1. The zero-order valence-electron chi connectivity index (χ0n) is 15.9. The third-order valence-corrected chi connectivity index (χ3v) is 4.49. The Morgan fingerprint density at radius 3 is 1.66 bits per heavy atom. The van der Waals surface area contributed by atoms with Gasteiger partial charge in [0.15, 0.2) is 0 Å². The molecule has 0 spiro atoms. The Balaban J connectivity index is 0.000000291. The van der Waals surface area contributed by atoms with Gasteiger partial charge in [0, 0.05) is 23.1 Å². The van der Waals surface area contributed by atoms with Crippen LogP contribution in [0.25, 0.3) is 0 Å². The first-order valence-electron chi connectivity index (χ1n) is 8.43. The molecule has 0 aliphatic heterocycles. The molecule has 0 heterocycles. The molecule has 2 aromatic rings. The molecule has 0 unspecified atom stereocenters. The van der Waals surface area contributed by atoms with Crippen LogP contribution in [0.4, 0.5) is 11.4 Å². The van der Waals surface area contributed by atoms with E-state index >= 15 is 0 Å². The number of rotatable bonds is 6. The van der Waals surface area contributed by atoms with Gasteiger partial charge in [0.25, 0.3) is 0 Å². The van der Waals surface area contributed by atoms with E-state index < -0.39 is 11.9 Å². The molecule has 0 saturated carbocycles. The zero-order chi connectivity index (χ0) is 22.1. The molecule has 0 aliphatic rings. The number of carbonyl (C=O) groups is 2. The second-order valence-electron chi connectivity index (χ2n) is 5.48. The minimum Gasteiger partial charge on any atom is -0.478 e. The van der Waals surface area contributed by atoms with Crippen molar-refractivity contribution in [2.75, 3.05) is 30.8 Å². The maximum absolute atomic E-state index is 11.4. The van der Waals surface area contributed by atoms with E-state index in [-0.39, 0.29) is 5.56 Å². The van der Waals surface area contributed by atoms with Crippen LogP contribution in [-0.4, -0.2) is 37.2 Å². The van der Waals surface area contributed by atoms with Gasteiger partial charge in [-0.25, -0.2) is 9.59 Å². The standard InChI is InChI=1S/C10H11Cl2NO2.C9H9Cl2NO2/c1-3-13-9-7(10(14)15-2)4-6(11)5-8(9)12;1-2-12-8-6(9(13)14)3-5(10)4-7(8)11/h4-5,13H,3H2,1-2H3;3-4,12H,2H2,1H3,(H,13,14). The lowest BCUT2D eigenvalue weighted by Gasteiger charge is -2.11. The predicted octanol–water partition coefficient (Wildman–Crippen LogP) is 6.34. The molecule has 0 amide bonds. The molecule has 2 rings (SSSR count). The van der Waals surface area contributed by atoms with Gasteiger partial charge in [-0.15, -0.1) is 0 Å². The number of benzene rings is 2. The van der Waals surface area contributed by atoms with Crippen LogP contribution in [0.2, 0.25) is 20.1 Å². The SMILES string of the molecule is CCNc1c(Cl)cc(Cl)cc1C(=O)O.CCNc1c(Cl)cc(Cl)cc1C(=O)OC. The summed E-state index contributed by atoms with van der Waals surface area (Å²) >= 11 is 23.3. The number of hydrogen-bond donors (Lipinski definition) is 3. The smallest absolute Gasteiger partial charge is 0.340 e. The van der Waals surface area contributed by atoms with Gasteiger partial charge in [0.2, 0.25) is 0 Å². The monoisotopic (exact) mass is 480 g/mol. The molecule has 158 valence electrons. The van der Waals surface area contributed by atoms with Gasteiger partial charge in [-0.1, -0.05) is 46.4 Å². The lowest BCUT2D eigenvalue weighted by Crippen LogP contribution is -2.08. The maximum atomic E-state index is 11.4. The minimum absolute atomic E-state index is 0.0874. The lowest BCUT2D eigenvalue weighted by molar-refractivity contribution is 0.0601. The average molecular weight is 482 g/mol. The first-order valence-corrected chi connectivity index (χ1v) is 9.94. The fraction of sp³-hybridized carbons (Fsp3) is 0.263. The number of carboxylic acid groups (broad SMARTS) is 1. The van der Waals surface area contributed by atoms with E-state index in [9.17, 15) is 9.59 Å². The third-order valence-electron chi connectivity index (χ3n) is 3.45. The van der Waals surface area contributed by atoms with E-state index in [4.69, 9.17) is 51.5 Å². The predicted molar refractivity (Wildman–Crippen MR) is 120 cm³/mol. The highest BCUT2D eigenvalue weighted by atomic mass is 35.5. The summed E-state index contributed by atoms with van der Waals surface area (Å²) in [7, 11) is 1.31. The molecule has 2 aromatic carbocycles. The normalized spacial score (nSPS) is 9.90. The van der Waals surface area contributed by atoms with Crippen molar-refractivity contribution in [1.82, 2.24) is 0 Å². The first-order chi connectivity index (χ1) is 13.7. The van der Waals surface area contributed by atoms with Crippen LogP contribution in [0.1, 0.15) is 34.6 Å². The Bertz CT molecular complexity index is 891. The summed E-state index contributed by atoms with van der Waals surface area (Å²) in [6, 6.07) is 5.98. The number of hydrogen-bond acceptors (Lipinski definition) is 5. The largest absolute Gasteiger partial charge is 0.478 e. The van der Waals surface area contributed by atoms with Crippen LogP contribution in [0.5, 0.6) is 0 Å². The second-order valence-corrected chi connectivity index (χ2v) is 7.17. The molecular weight excluding hydrogens is 462 g/mol. The van der Waals surface area contributed by atoms with Crippen molar-refractivity contribution in [3.05, 3.63) is 55.5 Å². The summed E-state index contributed by atoms with van der Waals surface area (Å²) in [6.07, 6.45) is 0. The summed E-state index contributed by atoms with van der Waals surface area (Å²) < 4.78 is 4.64. The minimum atomic E-state index is -1.05. The summed E-state index contributed by atoms with van der Waals surface area (Å²) in [6.45, 7) is 5.02. The van der Waals surface area contributed by atoms with Gasteiger partial charge in [-0.05, 0) is 38.1 Å². The quantitative estimate of drug-likeness (QED) is 0.417. The molecule has 0 bridgehead atoms. The molecule has 0 aliphatic carbocycles. The Hall–Kier alpha value is -1.86. The van der Waals surface area contributed by atoms with E-state index in [1.807, 2.05) is 13.8 Å². The van der Waals surface area contributed by atoms with Crippen molar-refractivity contribution in [3.63, 3.8) is 0 Å². The van der Waals surface area contributed by atoms with Gasteiger partial charge in [-0.3, -0.25) is 0 Å². The highest BCUT2D eigenvalue weighted by Gasteiger charge is 2.16. The van der Waals surface area contributed by atoms with E-state index in [2.05, 4.69) is 15.4 Å². The van der Waals surface area contributed by atoms with Crippen molar-refractivity contribution >= 4 is 69.7 Å². The highest BCUT2D eigenvalue weighted by Crippen LogP contribution is 2.31. The number of esters is 1. The zero-order valence-corrected chi connectivity index (χ0v) is 18.9. The van der Waals surface area contributed by atoms with Gasteiger partial charge < -0.3 is 20.5 Å². The molecule has 6 nitrogen and oxygen atoms in total. The van der Waals surface area contributed by atoms with Crippen LogP contribution in [0, 0.1) is 0 Å². The van der Waals surface area contributed by atoms with Crippen LogP contribution in [0.15, 0.2) is 24.3 Å². The first kappa shape index (κ1) is 25.2. The van der Waals surface area contributed by atoms with Gasteiger partial charge in [0.05, 0.1) is 39.7 Å². The van der Waals surface area contributed by atoms with Gasteiger partial charge in [0.1, 0.15) is 0 Å². The molecular formula is C19H20Cl4N2O4. The Labute approximate surface area is 189 Å². The van der Waals surface area contributed by atoms with E-state index in [1.165, 1.54) is 25.3 Å². The molecule has 0 aromatic heterocycles. The van der Waals surface area contributed by atoms with Crippen molar-refractivity contribution in [2.24, 2.45) is 0 Å². The number of methoxy groups -OCH3 is 1. The number of nitrogens with one attached hydrogen (secondary N) is 2. The topological polar surface area (TPSA) is 87.7 Å². The fourth-order valence-corrected chi connectivity index (χ4v) is 3.42. The fourth-order valence-electron chi connectivity index (χ4n) is 2.30.